The number of benzene rings is 1. The number of nitrogens with one attached hydrogen (secondary N) is 2. The van der Waals surface area contributed by atoms with Gasteiger partial charge in [0.15, 0.2) is 0 Å². The first-order valence-corrected chi connectivity index (χ1v) is 6.84. The number of carbonyl (C=O) groups is 1. The van der Waals surface area contributed by atoms with Gasteiger partial charge in [-0.2, -0.15) is 0 Å². The summed E-state index contributed by atoms with van der Waals surface area (Å²) in [7, 11) is 1.42. The Morgan fingerprint density at radius 2 is 2.37 bits per heavy atom. The zero-order chi connectivity index (χ0) is 13.7. The highest BCUT2D eigenvalue weighted by molar-refractivity contribution is 5.95. The lowest BCUT2D eigenvalue weighted by Crippen LogP contribution is -2.33. The smallest absolute Gasteiger partial charge is 0.339 e. The summed E-state index contributed by atoms with van der Waals surface area (Å²) in [6, 6.07) is 5.83. The normalized spacial score (nSPS) is 18.9. The lowest BCUT2D eigenvalue weighted by molar-refractivity contribution is 0.0601. The zero-order valence-corrected chi connectivity index (χ0v) is 11.7. The van der Waals surface area contributed by atoms with Gasteiger partial charge in [0.25, 0.3) is 0 Å². The van der Waals surface area contributed by atoms with Crippen LogP contribution in [0.4, 0.5) is 5.69 Å². The molecule has 104 valence electrons. The lowest BCUT2D eigenvalue weighted by atomic mass is 9.99. The van der Waals surface area contributed by atoms with Crippen molar-refractivity contribution in [3.8, 4) is 0 Å². The van der Waals surface area contributed by atoms with Gasteiger partial charge in [0, 0.05) is 12.2 Å². The van der Waals surface area contributed by atoms with Crippen molar-refractivity contribution in [1.29, 1.82) is 0 Å². The van der Waals surface area contributed by atoms with Crippen molar-refractivity contribution in [2.24, 2.45) is 5.92 Å². The number of rotatable bonds is 4. The second kappa shape index (κ2) is 6.57. The van der Waals surface area contributed by atoms with E-state index in [0.29, 0.717) is 11.5 Å². The predicted octanol–water partition coefficient (Wildman–Crippen LogP) is 2.19. The van der Waals surface area contributed by atoms with Crippen molar-refractivity contribution in [2.45, 2.75) is 19.8 Å². The molecule has 0 aliphatic carbocycles. The first-order chi connectivity index (χ1) is 9.20. The predicted molar refractivity (Wildman–Crippen MR) is 76.6 cm³/mol. The standard InChI is InChI=1S/C15H22N2O2/c1-11-5-6-14(13(8-11)15(18)19-2)17-10-12-4-3-7-16-9-12/h5-6,8,12,16-17H,3-4,7,9-10H2,1-2H3. The molecular formula is C15H22N2O2. The van der Waals surface area contributed by atoms with E-state index in [-0.39, 0.29) is 5.97 Å². The number of aryl methyl sites for hydroxylation is 1. The summed E-state index contributed by atoms with van der Waals surface area (Å²) in [6.45, 7) is 5.03. The number of methoxy groups -OCH3 is 1. The molecule has 19 heavy (non-hydrogen) atoms. The molecule has 0 radical (unpaired) electrons. The van der Waals surface area contributed by atoms with E-state index in [0.717, 1.165) is 30.9 Å². The van der Waals surface area contributed by atoms with E-state index in [1.54, 1.807) is 0 Å². The summed E-state index contributed by atoms with van der Waals surface area (Å²) in [5, 5.41) is 6.78. The second-order valence-electron chi connectivity index (χ2n) is 5.13. The van der Waals surface area contributed by atoms with Gasteiger partial charge < -0.3 is 15.4 Å². The van der Waals surface area contributed by atoms with Crippen LogP contribution in [0.25, 0.3) is 0 Å². The van der Waals surface area contributed by atoms with Crippen molar-refractivity contribution >= 4 is 11.7 Å². The Bertz CT molecular complexity index is 440. The molecule has 1 aromatic carbocycles. The minimum atomic E-state index is -0.284. The van der Waals surface area contributed by atoms with Gasteiger partial charge in [-0.1, -0.05) is 11.6 Å². The Labute approximate surface area is 114 Å². The van der Waals surface area contributed by atoms with Crippen LogP contribution in [0.3, 0.4) is 0 Å². The van der Waals surface area contributed by atoms with Crippen molar-refractivity contribution < 1.29 is 9.53 Å². The largest absolute Gasteiger partial charge is 0.465 e. The molecule has 0 saturated carbocycles. The summed E-state index contributed by atoms with van der Waals surface area (Å²) in [6.07, 6.45) is 2.46. The SMILES string of the molecule is COC(=O)c1cc(C)ccc1NCC1CCCNC1. The van der Waals surface area contributed by atoms with Gasteiger partial charge in [-0.25, -0.2) is 4.79 Å². The molecule has 1 heterocycles. The maximum atomic E-state index is 11.8. The quantitative estimate of drug-likeness (QED) is 0.817. The van der Waals surface area contributed by atoms with Gasteiger partial charge in [-0.3, -0.25) is 0 Å². The maximum absolute atomic E-state index is 11.8. The van der Waals surface area contributed by atoms with Crippen LogP contribution in [0.1, 0.15) is 28.8 Å². The number of hydrogen-bond acceptors (Lipinski definition) is 4. The van der Waals surface area contributed by atoms with Crippen molar-refractivity contribution in [3.63, 3.8) is 0 Å². The third-order valence-corrected chi connectivity index (χ3v) is 3.56. The number of piperidine rings is 1. The maximum Gasteiger partial charge on any atom is 0.339 e. The highest BCUT2D eigenvalue weighted by Gasteiger charge is 2.15. The van der Waals surface area contributed by atoms with E-state index in [9.17, 15) is 4.79 Å². The van der Waals surface area contributed by atoms with Crippen LogP contribution in [0, 0.1) is 12.8 Å². The first kappa shape index (κ1) is 13.9. The molecule has 4 heteroatoms. The van der Waals surface area contributed by atoms with Crippen molar-refractivity contribution in [2.75, 3.05) is 32.1 Å². The minimum Gasteiger partial charge on any atom is -0.465 e. The fraction of sp³-hybridized carbons (Fsp3) is 0.533. The van der Waals surface area contributed by atoms with E-state index in [4.69, 9.17) is 4.74 Å². The number of esters is 1. The fourth-order valence-electron chi connectivity index (χ4n) is 2.44. The van der Waals surface area contributed by atoms with E-state index in [2.05, 4.69) is 10.6 Å². The average molecular weight is 262 g/mol. The van der Waals surface area contributed by atoms with E-state index < -0.39 is 0 Å². The van der Waals surface area contributed by atoms with Crippen molar-refractivity contribution in [3.05, 3.63) is 29.3 Å². The monoisotopic (exact) mass is 262 g/mol. The molecule has 4 nitrogen and oxygen atoms in total. The molecule has 0 bridgehead atoms. The lowest BCUT2D eigenvalue weighted by Gasteiger charge is -2.24. The van der Waals surface area contributed by atoms with Crippen LogP contribution in [0.2, 0.25) is 0 Å². The van der Waals surface area contributed by atoms with Gasteiger partial charge in [0.05, 0.1) is 12.7 Å². The molecule has 1 atom stereocenters. The van der Waals surface area contributed by atoms with Crippen LogP contribution >= 0.6 is 0 Å². The Morgan fingerprint density at radius 1 is 1.53 bits per heavy atom. The van der Waals surface area contributed by atoms with E-state index >= 15 is 0 Å². The molecule has 1 aliphatic heterocycles. The highest BCUT2D eigenvalue weighted by atomic mass is 16.5. The second-order valence-corrected chi connectivity index (χ2v) is 5.13. The van der Waals surface area contributed by atoms with Gasteiger partial charge in [0.2, 0.25) is 0 Å². The summed E-state index contributed by atoms with van der Waals surface area (Å²) in [4.78, 5) is 11.8. The molecule has 1 unspecified atom stereocenters. The molecule has 0 spiro atoms. The van der Waals surface area contributed by atoms with Crippen LogP contribution in [-0.2, 0) is 4.74 Å². The Kier molecular flexibility index (Phi) is 4.80. The summed E-state index contributed by atoms with van der Waals surface area (Å²) in [5.41, 5.74) is 2.54. The molecule has 2 rings (SSSR count). The van der Waals surface area contributed by atoms with E-state index in [1.165, 1.54) is 20.0 Å². The van der Waals surface area contributed by atoms with Crippen LogP contribution in [0.15, 0.2) is 18.2 Å². The Hall–Kier alpha value is -1.55. The molecule has 0 amide bonds. The number of anilines is 1. The minimum absolute atomic E-state index is 0.284. The molecule has 1 aliphatic rings. The first-order valence-electron chi connectivity index (χ1n) is 6.84. The van der Waals surface area contributed by atoms with Gasteiger partial charge in [0.1, 0.15) is 0 Å². The highest BCUT2D eigenvalue weighted by Crippen LogP contribution is 2.20. The average Bonchev–Trinajstić information content (AvgIpc) is 2.46. The van der Waals surface area contributed by atoms with E-state index in [1.807, 2.05) is 25.1 Å². The number of ether oxygens (including phenoxy) is 1. The van der Waals surface area contributed by atoms with Gasteiger partial charge >= 0.3 is 5.97 Å². The number of hydrogen-bond donors (Lipinski definition) is 2. The Morgan fingerprint density at radius 3 is 3.05 bits per heavy atom. The molecule has 1 aromatic rings. The van der Waals surface area contributed by atoms with Gasteiger partial charge in [-0.05, 0) is 50.9 Å². The Balaban J connectivity index is 2.04. The zero-order valence-electron chi connectivity index (χ0n) is 11.7. The van der Waals surface area contributed by atoms with Crippen LogP contribution in [-0.4, -0.2) is 32.7 Å². The van der Waals surface area contributed by atoms with Crippen LogP contribution in [0.5, 0.6) is 0 Å². The molecule has 0 aromatic heterocycles. The molecular weight excluding hydrogens is 240 g/mol. The molecule has 2 N–H and O–H groups in total. The van der Waals surface area contributed by atoms with Crippen molar-refractivity contribution in [1.82, 2.24) is 5.32 Å². The summed E-state index contributed by atoms with van der Waals surface area (Å²) in [5.74, 6) is 0.341. The number of carbonyl (C=O) groups excluding carboxylic acids is 1. The third kappa shape index (κ3) is 3.70. The summed E-state index contributed by atoms with van der Waals surface area (Å²) < 4.78 is 4.83. The summed E-state index contributed by atoms with van der Waals surface area (Å²) >= 11 is 0. The topological polar surface area (TPSA) is 50.4 Å². The van der Waals surface area contributed by atoms with Gasteiger partial charge in [-0.15, -0.1) is 0 Å². The third-order valence-electron chi connectivity index (χ3n) is 3.56. The van der Waals surface area contributed by atoms with Crippen LogP contribution < -0.4 is 10.6 Å². The fourth-order valence-corrected chi connectivity index (χ4v) is 2.44. The molecule has 1 saturated heterocycles. The molecule has 1 fully saturated rings.